The molecular formula is C19H23N5O4. The van der Waals surface area contributed by atoms with E-state index in [4.69, 9.17) is 5.11 Å². The van der Waals surface area contributed by atoms with Crippen LogP contribution < -0.4 is 16.6 Å². The molecule has 0 saturated heterocycles. The van der Waals surface area contributed by atoms with Crippen molar-refractivity contribution in [3.8, 4) is 0 Å². The number of carbonyl (C=O) groups is 1. The van der Waals surface area contributed by atoms with Gasteiger partial charge in [0.1, 0.15) is 0 Å². The molecule has 0 amide bonds. The molecule has 9 nitrogen and oxygen atoms in total. The smallest absolute Gasteiger partial charge is 0.329 e. The molecule has 0 saturated carbocycles. The van der Waals surface area contributed by atoms with Crippen LogP contribution in [0.25, 0.3) is 11.2 Å². The first-order valence-corrected chi connectivity index (χ1v) is 9.16. The van der Waals surface area contributed by atoms with E-state index in [1.54, 1.807) is 11.6 Å². The molecule has 0 bridgehead atoms. The predicted molar refractivity (Wildman–Crippen MR) is 106 cm³/mol. The summed E-state index contributed by atoms with van der Waals surface area (Å²) in [4.78, 5) is 41.7. The van der Waals surface area contributed by atoms with Gasteiger partial charge in [-0.3, -0.25) is 23.7 Å². The van der Waals surface area contributed by atoms with Gasteiger partial charge >= 0.3 is 11.7 Å². The van der Waals surface area contributed by atoms with Gasteiger partial charge in [0.2, 0.25) is 5.95 Å². The number of aromatic amines is 1. The standard InChI is InChI=1S/C19H23N5O4/c1-23-16-15(17(27)22-19(23)28)24(12-13-8-4-2-5-9-13)18(21-16)20-11-7-3-6-10-14(25)26/h2,4-5,8-9H,3,6-7,10-12H2,1H3,(H,20,21)(H,25,26)(H,22,27,28). The average Bonchev–Trinajstić information content (AvgIpc) is 3.02. The average molecular weight is 385 g/mol. The summed E-state index contributed by atoms with van der Waals surface area (Å²) in [6.07, 6.45) is 2.32. The van der Waals surface area contributed by atoms with Crippen molar-refractivity contribution in [3.63, 3.8) is 0 Å². The van der Waals surface area contributed by atoms with Crippen LogP contribution in [-0.2, 0) is 18.4 Å². The molecule has 0 fully saturated rings. The molecule has 3 rings (SSSR count). The summed E-state index contributed by atoms with van der Waals surface area (Å²) in [6, 6.07) is 9.67. The van der Waals surface area contributed by atoms with Crippen molar-refractivity contribution >= 4 is 23.1 Å². The number of aryl methyl sites for hydroxylation is 1. The summed E-state index contributed by atoms with van der Waals surface area (Å²) >= 11 is 0. The summed E-state index contributed by atoms with van der Waals surface area (Å²) in [5.74, 6) is -0.290. The van der Waals surface area contributed by atoms with Gasteiger partial charge in [-0.05, 0) is 18.4 Å². The molecule has 2 aromatic heterocycles. The number of fused-ring (bicyclic) bond motifs is 1. The molecule has 148 valence electrons. The van der Waals surface area contributed by atoms with Crippen LogP contribution >= 0.6 is 0 Å². The van der Waals surface area contributed by atoms with Gasteiger partial charge in [0.05, 0.1) is 6.54 Å². The Morgan fingerprint density at radius 2 is 1.93 bits per heavy atom. The van der Waals surface area contributed by atoms with Gasteiger partial charge in [0.15, 0.2) is 11.2 Å². The topological polar surface area (TPSA) is 122 Å². The van der Waals surface area contributed by atoms with E-state index in [9.17, 15) is 14.4 Å². The number of benzene rings is 1. The first-order chi connectivity index (χ1) is 13.5. The van der Waals surface area contributed by atoms with Crippen LogP contribution in [0.1, 0.15) is 31.2 Å². The largest absolute Gasteiger partial charge is 0.481 e. The van der Waals surface area contributed by atoms with Crippen LogP contribution in [-0.4, -0.2) is 36.7 Å². The van der Waals surface area contributed by atoms with E-state index in [0.29, 0.717) is 36.6 Å². The fourth-order valence-electron chi connectivity index (χ4n) is 3.07. The fraction of sp³-hybridized carbons (Fsp3) is 0.368. The van der Waals surface area contributed by atoms with E-state index >= 15 is 0 Å². The number of nitrogens with one attached hydrogen (secondary N) is 2. The number of imidazole rings is 1. The van der Waals surface area contributed by atoms with Crippen molar-refractivity contribution in [1.82, 2.24) is 19.1 Å². The van der Waals surface area contributed by atoms with E-state index in [2.05, 4.69) is 15.3 Å². The van der Waals surface area contributed by atoms with Gasteiger partial charge in [0.25, 0.3) is 5.56 Å². The number of unbranched alkanes of at least 4 members (excludes halogenated alkanes) is 2. The Balaban J connectivity index is 1.87. The Kier molecular flexibility index (Phi) is 5.93. The van der Waals surface area contributed by atoms with Crippen molar-refractivity contribution in [3.05, 3.63) is 56.7 Å². The Bertz CT molecular complexity index is 1080. The number of aliphatic carboxylic acids is 1. The highest BCUT2D eigenvalue weighted by Gasteiger charge is 2.17. The Morgan fingerprint density at radius 1 is 1.18 bits per heavy atom. The van der Waals surface area contributed by atoms with Crippen molar-refractivity contribution < 1.29 is 9.90 Å². The van der Waals surface area contributed by atoms with Crippen LogP contribution in [0.5, 0.6) is 0 Å². The quantitative estimate of drug-likeness (QED) is 0.480. The maximum atomic E-state index is 12.4. The minimum atomic E-state index is -0.794. The van der Waals surface area contributed by atoms with Crippen molar-refractivity contribution in [2.45, 2.75) is 32.2 Å². The van der Waals surface area contributed by atoms with Crippen molar-refractivity contribution in [2.75, 3.05) is 11.9 Å². The number of H-pyrrole nitrogens is 1. The van der Waals surface area contributed by atoms with Crippen molar-refractivity contribution in [2.24, 2.45) is 7.05 Å². The van der Waals surface area contributed by atoms with E-state index in [1.807, 2.05) is 30.3 Å². The normalized spacial score (nSPS) is 11.0. The molecule has 0 aliphatic heterocycles. The second kappa shape index (κ2) is 8.55. The zero-order valence-corrected chi connectivity index (χ0v) is 15.6. The van der Waals surface area contributed by atoms with Gasteiger partial charge in [-0.2, -0.15) is 4.98 Å². The van der Waals surface area contributed by atoms with E-state index in [-0.39, 0.29) is 6.42 Å². The first kappa shape index (κ1) is 19.4. The van der Waals surface area contributed by atoms with E-state index in [1.165, 1.54) is 4.57 Å². The lowest BCUT2D eigenvalue weighted by Crippen LogP contribution is -2.29. The van der Waals surface area contributed by atoms with Gasteiger partial charge < -0.3 is 10.4 Å². The van der Waals surface area contributed by atoms with Gasteiger partial charge in [-0.1, -0.05) is 36.8 Å². The molecule has 2 heterocycles. The lowest BCUT2D eigenvalue weighted by Gasteiger charge is -2.10. The highest BCUT2D eigenvalue weighted by molar-refractivity contribution is 5.74. The van der Waals surface area contributed by atoms with Gasteiger partial charge in [-0.15, -0.1) is 0 Å². The second-order valence-corrected chi connectivity index (χ2v) is 6.63. The molecule has 0 aliphatic carbocycles. The SMILES string of the molecule is Cn1c(=O)[nH]c(=O)c2c1nc(NCCCCCC(=O)O)n2Cc1ccccc1. The molecule has 0 atom stereocenters. The van der Waals surface area contributed by atoms with Crippen molar-refractivity contribution in [1.29, 1.82) is 0 Å². The third-order valence-electron chi connectivity index (χ3n) is 4.54. The number of anilines is 1. The third kappa shape index (κ3) is 4.30. The number of hydrogen-bond donors (Lipinski definition) is 3. The number of carboxylic acid groups (broad SMARTS) is 1. The molecule has 28 heavy (non-hydrogen) atoms. The number of nitrogens with zero attached hydrogens (tertiary/aromatic N) is 3. The van der Waals surface area contributed by atoms with Crippen LogP contribution in [0.2, 0.25) is 0 Å². The summed E-state index contributed by atoms with van der Waals surface area (Å²) in [7, 11) is 1.57. The lowest BCUT2D eigenvalue weighted by atomic mass is 10.2. The minimum Gasteiger partial charge on any atom is -0.481 e. The number of carboxylic acids is 1. The third-order valence-corrected chi connectivity index (χ3v) is 4.54. The minimum absolute atomic E-state index is 0.157. The molecule has 3 N–H and O–H groups in total. The summed E-state index contributed by atoms with van der Waals surface area (Å²) < 4.78 is 3.08. The molecular weight excluding hydrogens is 362 g/mol. The summed E-state index contributed by atoms with van der Waals surface area (Å²) in [5, 5.41) is 11.9. The highest BCUT2D eigenvalue weighted by Crippen LogP contribution is 2.18. The molecule has 1 aromatic carbocycles. The predicted octanol–water partition coefficient (Wildman–Crippen LogP) is 1.53. The fourth-order valence-corrected chi connectivity index (χ4v) is 3.07. The monoisotopic (exact) mass is 385 g/mol. The Labute approximate surface area is 160 Å². The highest BCUT2D eigenvalue weighted by atomic mass is 16.4. The number of rotatable bonds is 9. The van der Waals surface area contributed by atoms with E-state index in [0.717, 1.165) is 18.4 Å². The van der Waals surface area contributed by atoms with Crippen LogP contribution in [0, 0.1) is 0 Å². The van der Waals surface area contributed by atoms with Crippen LogP contribution in [0.15, 0.2) is 39.9 Å². The molecule has 0 aliphatic rings. The number of aromatic nitrogens is 4. The lowest BCUT2D eigenvalue weighted by molar-refractivity contribution is -0.137. The molecule has 3 aromatic rings. The molecule has 9 heteroatoms. The van der Waals surface area contributed by atoms with E-state index < -0.39 is 17.2 Å². The summed E-state index contributed by atoms with van der Waals surface area (Å²) in [5.41, 5.74) is 0.662. The first-order valence-electron chi connectivity index (χ1n) is 9.16. The van der Waals surface area contributed by atoms with Crippen LogP contribution in [0.3, 0.4) is 0 Å². The summed E-state index contributed by atoms with van der Waals surface area (Å²) in [6.45, 7) is 1.02. The second-order valence-electron chi connectivity index (χ2n) is 6.63. The zero-order valence-electron chi connectivity index (χ0n) is 15.6. The zero-order chi connectivity index (χ0) is 20.1. The molecule has 0 unspecified atom stereocenters. The molecule has 0 spiro atoms. The Hall–Kier alpha value is -3.36. The van der Waals surface area contributed by atoms with Gasteiger partial charge in [0, 0.05) is 20.0 Å². The van der Waals surface area contributed by atoms with Crippen LogP contribution in [0.4, 0.5) is 5.95 Å². The Morgan fingerprint density at radius 3 is 2.64 bits per heavy atom. The maximum absolute atomic E-state index is 12.4. The maximum Gasteiger partial charge on any atom is 0.329 e. The van der Waals surface area contributed by atoms with Gasteiger partial charge in [-0.25, -0.2) is 4.79 Å². The molecule has 0 radical (unpaired) electrons. The number of hydrogen-bond acceptors (Lipinski definition) is 5.